The maximum atomic E-state index is 11.9. The van der Waals surface area contributed by atoms with E-state index in [9.17, 15) is 9.59 Å². The Labute approximate surface area is 137 Å². The summed E-state index contributed by atoms with van der Waals surface area (Å²) in [5, 5.41) is 5.52. The number of hydrogen-bond donors (Lipinski definition) is 2. The molecular formula is C16H25N5O2. The largest absolute Gasteiger partial charge is 0.362 e. The van der Waals surface area contributed by atoms with E-state index in [1.165, 1.54) is 0 Å². The first-order valence-electron chi connectivity index (χ1n) is 7.98. The standard InChI is InChI=1S/C16H25N5O2/c1-20(2)15-13(6-5-8-17-15)12-19-16(23)18-9-7-14(22)21-10-3-4-11-21/h5-6,8H,3-4,7,9-12H2,1-2H3,(H2,18,19,23). The molecule has 1 aliphatic rings. The lowest BCUT2D eigenvalue weighted by Gasteiger charge is -2.17. The minimum absolute atomic E-state index is 0.116. The van der Waals surface area contributed by atoms with E-state index in [4.69, 9.17) is 0 Å². The molecule has 0 aromatic carbocycles. The Morgan fingerprint density at radius 2 is 2.00 bits per heavy atom. The van der Waals surface area contributed by atoms with Crippen LogP contribution in [0.5, 0.6) is 0 Å². The normalized spacial score (nSPS) is 13.7. The molecule has 1 aliphatic heterocycles. The summed E-state index contributed by atoms with van der Waals surface area (Å²) in [5.74, 6) is 0.946. The first-order valence-corrected chi connectivity index (χ1v) is 7.98. The fourth-order valence-electron chi connectivity index (χ4n) is 2.62. The van der Waals surface area contributed by atoms with Crippen molar-refractivity contribution < 1.29 is 9.59 Å². The van der Waals surface area contributed by atoms with Gasteiger partial charge in [0.25, 0.3) is 0 Å². The van der Waals surface area contributed by atoms with Gasteiger partial charge in [0.15, 0.2) is 0 Å². The molecule has 2 heterocycles. The second-order valence-corrected chi connectivity index (χ2v) is 5.83. The summed E-state index contributed by atoms with van der Waals surface area (Å²) < 4.78 is 0. The monoisotopic (exact) mass is 319 g/mol. The van der Waals surface area contributed by atoms with Crippen LogP contribution < -0.4 is 15.5 Å². The van der Waals surface area contributed by atoms with Crippen molar-refractivity contribution in [3.63, 3.8) is 0 Å². The van der Waals surface area contributed by atoms with E-state index >= 15 is 0 Å². The Balaban J connectivity index is 1.70. The zero-order chi connectivity index (χ0) is 16.7. The number of aromatic nitrogens is 1. The molecule has 0 unspecified atom stereocenters. The van der Waals surface area contributed by atoms with E-state index in [-0.39, 0.29) is 11.9 Å². The van der Waals surface area contributed by atoms with Gasteiger partial charge < -0.3 is 20.4 Å². The average molecular weight is 319 g/mol. The van der Waals surface area contributed by atoms with Gasteiger partial charge in [-0.1, -0.05) is 6.07 Å². The van der Waals surface area contributed by atoms with E-state index in [0.29, 0.717) is 19.5 Å². The third kappa shape index (κ3) is 5.12. The summed E-state index contributed by atoms with van der Waals surface area (Å²) in [6, 6.07) is 3.50. The number of pyridine rings is 1. The Bertz CT molecular complexity index is 541. The van der Waals surface area contributed by atoms with Crippen LogP contribution in [0.2, 0.25) is 0 Å². The second kappa shape index (κ2) is 8.36. The van der Waals surface area contributed by atoms with E-state index in [1.54, 1.807) is 6.20 Å². The summed E-state index contributed by atoms with van der Waals surface area (Å²) in [6.45, 7) is 2.45. The minimum Gasteiger partial charge on any atom is -0.362 e. The van der Waals surface area contributed by atoms with Gasteiger partial charge >= 0.3 is 6.03 Å². The first-order chi connectivity index (χ1) is 11.1. The van der Waals surface area contributed by atoms with E-state index in [1.807, 2.05) is 36.0 Å². The van der Waals surface area contributed by atoms with Crippen LogP contribution in [0.15, 0.2) is 18.3 Å². The topological polar surface area (TPSA) is 77.6 Å². The number of rotatable bonds is 6. The number of carbonyl (C=O) groups excluding carboxylic acids is 2. The van der Waals surface area contributed by atoms with Crippen molar-refractivity contribution >= 4 is 17.8 Å². The number of carbonyl (C=O) groups is 2. The number of likely N-dealkylation sites (tertiary alicyclic amines) is 1. The SMILES string of the molecule is CN(C)c1ncccc1CNC(=O)NCCC(=O)N1CCCC1. The van der Waals surface area contributed by atoms with Crippen molar-refractivity contribution in [1.82, 2.24) is 20.5 Å². The minimum atomic E-state index is -0.271. The lowest BCUT2D eigenvalue weighted by molar-refractivity contribution is -0.129. The van der Waals surface area contributed by atoms with E-state index in [0.717, 1.165) is 37.3 Å². The molecule has 0 spiro atoms. The molecule has 0 atom stereocenters. The molecule has 2 N–H and O–H groups in total. The molecule has 2 rings (SSSR count). The molecule has 7 nitrogen and oxygen atoms in total. The van der Waals surface area contributed by atoms with Gasteiger partial charge in [0.05, 0.1) is 0 Å². The highest BCUT2D eigenvalue weighted by molar-refractivity contribution is 5.78. The smallest absolute Gasteiger partial charge is 0.315 e. The van der Waals surface area contributed by atoms with Gasteiger partial charge in [-0.15, -0.1) is 0 Å². The van der Waals surface area contributed by atoms with Gasteiger partial charge in [0.2, 0.25) is 5.91 Å². The molecule has 0 bridgehead atoms. The van der Waals surface area contributed by atoms with Crippen LogP contribution in [0.1, 0.15) is 24.8 Å². The molecule has 1 aromatic rings. The summed E-state index contributed by atoms with van der Waals surface area (Å²) in [5.41, 5.74) is 0.945. The number of anilines is 1. The predicted octanol–water partition coefficient (Wildman–Crippen LogP) is 0.959. The highest BCUT2D eigenvalue weighted by atomic mass is 16.2. The van der Waals surface area contributed by atoms with Gasteiger partial charge in [-0.3, -0.25) is 4.79 Å². The fraction of sp³-hybridized carbons (Fsp3) is 0.562. The molecular weight excluding hydrogens is 294 g/mol. The number of amides is 3. The maximum absolute atomic E-state index is 11.9. The number of nitrogens with one attached hydrogen (secondary N) is 2. The highest BCUT2D eigenvalue weighted by Crippen LogP contribution is 2.13. The first kappa shape index (κ1) is 17.1. The van der Waals surface area contributed by atoms with Crippen LogP contribution in [-0.4, -0.2) is 55.6 Å². The molecule has 1 fully saturated rings. The lowest BCUT2D eigenvalue weighted by Crippen LogP contribution is -2.38. The molecule has 3 amide bonds. The number of hydrogen-bond acceptors (Lipinski definition) is 4. The molecule has 7 heteroatoms. The van der Waals surface area contributed by atoms with Gasteiger partial charge in [-0.25, -0.2) is 9.78 Å². The molecule has 126 valence electrons. The van der Waals surface area contributed by atoms with Crippen LogP contribution in [0.4, 0.5) is 10.6 Å². The van der Waals surface area contributed by atoms with Crippen molar-refractivity contribution in [1.29, 1.82) is 0 Å². The van der Waals surface area contributed by atoms with Crippen LogP contribution >= 0.6 is 0 Å². The van der Waals surface area contributed by atoms with Gasteiger partial charge in [0.1, 0.15) is 5.82 Å². The Morgan fingerprint density at radius 1 is 1.26 bits per heavy atom. The highest BCUT2D eigenvalue weighted by Gasteiger charge is 2.17. The maximum Gasteiger partial charge on any atom is 0.315 e. The zero-order valence-electron chi connectivity index (χ0n) is 13.8. The summed E-state index contributed by atoms with van der Waals surface area (Å²) in [7, 11) is 3.83. The third-order valence-electron chi connectivity index (χ3n) is 3.81. The average Bonchev–Trinajstić information content (AvgIpc) is 3.07. The predicted molar refractivity (Wildman–Crippen MR) is 89.2 cm³/mol. The van der Waals surface area contributed by atoms with Crippen LogP contribution in [0.3, 0.4) is 0 Å². The summed E-state index contributed by atoms with van der Waals surface area (Å²) >= 11 is 0. The van der Waals surface area contributed by atoms with Crippen LogP contribution in [-0.2, 0) is 11.3 Å². The molecule has 1 aromatic heterocycles. The van der Waals surface area contributed by atoms with Crippen molar-refractivity contribution in [3.05, 3.63) is 23.9 Å². The molecule has 0 aliphatic carbocycles. The Morgan fingerprint density at radius 3 is 2.70 bits per heavy atom. The van der Waals surface area contributed by atoms with E-state index < -0.39 is 0 Å². The number of urea groups is 1. The van der Waals surface area contributed by atoms with Crippen LogP contribution in [0, 0.1) is 0 Å². The van der Waals surface area contributed by atoms with Crippen molar-refractivity contribution in [3.8, 4) is 0 Å². The van der Waals surface area contributed by atoms with Crippen molar-refractivity contribution in [2.75, 3.05) is 38.6 Å². The zero-order valence-corrected chi connectivity index (χ0v) is 13.8. The van der Waals surface area contributed by atoms with Crippen molar-refractivity contribution in [2.45, 2.75) is 25.8 Å². The van der Waals surface area contributed by atoms with Gasteiger partial charge in [-0.05, 0) is 18.9 Å². The lowest BCUT2D eigenvalue weighted by atomic mass is 10.2. The van der Waals surface area contributed by atoms with E-state index in [2.05, 4.69) is 15.6 Å². The molecule has 0 radical (unpaired) electrons. The van der Waals surface area contributed by atoms with Crippen molar-refractivity contribution in [2.24, 2.45) is 0 Å². The molecule has 0 saturated carbocycles. The van der Waals surface area contributed by atoms with Gasteiger partial charge in [-0.2, -0.15) is 0 Å². The Kier molecular flexibility index (Phi) is 6.19. The quantitative estimate of drug-likeness (QED) is 0.819. The third-order valence-corrected chi connectivity index (χ3v) is 3.81. The summed E-state index contributed by atoms with van der Waals surface area (Å²) in [4.78, 5) is 31.7. The second-order valence-electron chi connectivity index (χ2n) is 5.83. The summed E-state index contributed by atoms with van der Waals surface area (Å²) in [6.07, 6.45) is 4.24. The van der Waals surface area contributed by atoms with Crippen LogP contribution in [0.25, 0.3) is 0 Å². The van der Waals surface area contributed by atoms with Gasteiger partial charge in [0, 0.05) is 58.5 Å². The fourth-order valence-corrected chi connectivity index (χ4v) is 2.62. The molecule has 23 heavy (non-hydrogen) atoms. The number of nitrogens with zero attached hydrogens (tertiary/aromatic N) is 3. The molecule has 1 saturated heterocycles. The Hall–Kier alpha value is -2.31.